The second-order valence-electron chi connectivity index (χ2n) is 6.18. The van der Waals surface area contributed by atoms with Crippen LogP contribution in [0.3, 0.4) is 0 Å². The molecular formula is C20H21N. The standard InChI is InChI=1S/C20H21N/c1-14-8-9-17-16-6-2-3-7-18(16)20(19(17)13-14)15-5-4-11-21-12-10-15/h2-3,6-9,13,21H,4-5,10-12H2,1H3/b20-15+. The first-order valence-corrected chi connectivity index (χ1v) is 7.98. The van der Waals surface area contributed by atoms with Crippen molar-refractivity contribution in [3.8, 4) is 11.1 Å². The summed E-state index contributed by atoms with van der Waals surface area (Å²) in [6.45, 7) is 4.46. The van der Waals surface area contributed by atoms with E-state index in [0.717, 1.165) is 13.1 Å². The van der Waals surface area contributed by atoms with Crippen LogP contribution in [0, 0.1) is 6.92 Å². The quantitative estimate of drug-likeness (QED) is 0.634. The fourth-order valence-electron chi connectivity index (χ4n) is 3.73. The van der Waals surface area contributed by atoms with Gasteiger partial charge in [-0.3, -0.25) is 0 Å². The first kappa shape index (κ1) is 12.8. The monoisotopic (exact) mass is 275 g/mol. The van der Waals surface area contributed by atoms with Crippen molar-refractivity contribution in [3.63, 3.8) is 0 Å². The predicted molar refractivity (Wildman–Crippen MR) is 89.4 cm³/mol. The first-order chi connectivity index (χ1) is 10.3. The van der Waals surface area contributed by atoms with E-state index >= 15 is 0 Å². The predicted octanol–water partition coefficient (Wildman–Crippen LogP) is 4.55. The molecule has 1 aliphatic heterocycles. The summed E-state index contributed by atoms with van der Waals surface area (Å²) in [5, 5.41) is 3.53. The van der Waals surface area contributed by atoms with Crippen molar-refractivity contribution in [2.75, 3.05) is 13.1 Å². The van der Waals surface area contributed by atoms with Crippen LogP contribution in [0.15, 0.2) is 48.0 Å². The van der Waals surface area contributed by atoms with Gasteiger partial charge in [0.2, 0.25) is 0 Å². The second-order valence-corrected chi connectivity index (χ2v) is 6.18. The lowest BCUT2D eigenvalue weighted by Crippen LogP contribution is -2.13. The van der Waals surface area contributed by atoms with Gasteiger partial charge >= 0.3 is 0 Å². The zero-order valence-corrected chi connectivity index (χ0v) is 12.6. The Morgan fingerprint density at radius 2 is 1.62 bits per heavy atom. The second kappa shape index (κ2) is 5.16. The van der Waals surface area contributed by atoms with Gasteiger partial charge in [0.15, 0.2) is 0 Å². The van der Waals surface area contributed by atoms with Crippen molar-refractivity contribution in [2.45, 2.75) is 26.2 Å². The van der Waals surface area contributed by atoms with Gasteiger partial charge in [0.05, 0.1) is 0 Å². The normalized spacial score (nSPS) is 20.8. The van der Waals surface area contributed by atoms with Gasteiger partial charge < -0.3 is 5.32 Å². The Labute approximate surface area is 126 Å². The Hall–Kier alpha value is -1.86. The highest BCUT2D eigenvalue weighted by molar-refractivity contribution is 6.02. The number of fused-ring (bicyclic) bond motifs is 3. The van der Waals surface area contributed by atoms with Gasteiger partial charge in [-0.1, -0.05) is 53.6 Å². The number of rotatable bonds is 0. The Bertz CT molecular complexity index is 714. The van der Waals surface area contributed by atoms with Gasteiger partial charge in [0, 0.05) is 0 Å². The lowest BCUT2D eigenvalue weighted by atomic mass is 9.93. The molecule has 1 saturated heterocycles. The van der Waals surface area contributed by atoms with Crippen LogP contribution in [0.4, 0.5) is 0 Å². The van der Waals surface area contributed by atoms with Crippen molar-refractivity contribution in [1.29, 1.82) is 0 Å². The third-order valence-electron chi connectivity index (χ3n) is 4.72. The van der Waals surface area contributed by atoms with E-state index in [1.54, 1.807) is 5.57 Å². The number of aryl methyl sites for hydroxylation is 1. The molecule has 0 aromatic heterocycles. The van der Waals surface area contributed by atoms with Crippen molar-refractivity contribution < 1.29 is 0 Å². The number of nitrogens with one attached hydrogen (secondary N) is 1. The maximum absolute atomic E-state index is 3.53. The Balaban J connectivity index is 1.98. The summed E-state index contributed by atoms with van der Waals surface area (Å²) in [7, 11) is 0. The van der Waals surface area contributed by atoms with E-state index in [2.05, 4.69) is 54.7 Å². The van der Waals surface area contributed by atoms with Gasteiger partial charge in [-0.25, -0.2) is 0 Å². The lowest BCUT2D eigenvalue weighted by Gasteiger charge is -2.11. The van der Waals surface area contributed by atoms with Gasteiger partial charge in [-0.05, 0) is 67.1 Å². The summed E-state index contributed by atoms with van der Waals surface area (Å²) < 4.78 is 0. The summed E-state index contributed by atoms with van der Waals surface area (Å²) in [5.41, 5.74) is 10.2. The van der Waals surface area contributed by atoms with Crippen molar-refractivity contribution >= 4 is 5.57 Å². The maximum atomic E-state index is 3.53. The maximum Gasteiger partial charge on any atom is -0.00113 e. The van der Waals surface area contributed by atoms with Crippen LogP contribution in [0.5, 0.6) is 0 Å². The summed E-state index contributed by atoms with van der Waals surface area (Å²) in [6.07, 6.45) is 3.66. The van der Waals surface area contributed by atoms with E-state index in [0.29, 0.717) is 0 Å². The number of benzene rings is 2. The molecule has 1 heteroatoms. The molecule has 1 fully saturated rings. The number of hydrogen-bond donors (Lipinski definition) is 1. The molecule has 21 heavy (non-hydrogen) atoms. The third kappa shape index (κ3) is 2.13. The molecule has 0 bridgehead atoms. The lowest BCUT2D eigenvalue weighted by molar-refractivity contribution is 0.703. The Morgan fingerprint density at radius 1 is 0.810 bits per heavy atom. The molecule has 4 rings (SSSR count). The van der Waals surface area contributed by atoms with Gasteiger partial charge in [0.1, 0.15) is 0 Å². The van der Waals surface area contributed by atoms with Crippen LogP contribution in [0.1, 0.15) is 36.0 Å². The van der Waals surface area contributed by atoms with Crippen molar-refractivity contribution in [3.05, 3.63) is 64.7 Å². The molecule has 106 valence electrons. The van der Waals surface area contributed by atoms with Crippen molar-refractivity contribution in [2.24, 2.45) is 0 Å². The molecule has 2 aliphatic rings. The van der Waals surface area contributed by atoms with Gasteiger partial charge in [-0.15, -0.1) is 0 Å². The molecule has 0 amide bonds. The molecule has 2 aromatic rings. The van der Waals surface area contributed by atoms with E-state index in [1.807, 2.05) is 0 Å². The fraction of sp³-hybridized carbons (Fsp3) is 0.300. The van der Waals surface area contributed by atoms with Crippen LogP contribution in [0.2, 0.25) is 0 Å². The molecule has 0 spiro atoms. The van der Waals surface area contributed by atoms with E-state index in [1.165, 1.54) is 52.7 Å². The molecule has 1 aliphatic carbocycles. The SMILES string of the molecule is Cc1ccc2c(c1)/C(=C1\CCCNCC1)c1ccccc1-2. The fourth-order valence-corrected chi connectivity index (χ4v) is 3.73. The molecular weight excluding hydrogens is 254 g/mol. The Kier molecular flexibility index (Phi) is 3.16. The van der Waals surface area contributed by atoms with Crippen molar-refractivity contribution in [1.82, 2.24) is 5.32 Å². The zero-order valence-electron chi connectivity index (χ0n) is 12.6. The topological polar surface area (TPSA) is 12.0 Å². The average Bonchev–Trinajstić information content (AvgIpc) is 2.66. The van der Waals surface area contributed by atoms with E-state index < -0.39 is 0 Å². The highest BCUT2D eigenvalue weighted by Crippen LogP contribution is 2.47. The smallest absolute Gasteiger partial charge is 0.00113 e. The van der Waals surface area contributed by atoms with E-state index in [-0.39, 0.29) is 0 Å². The molecule has 0 radical (unpaired) electrons. The minimum atomic E-state index is 1.11. The Morgan fingerprint density at radius 3 is 2.52 bits per heavy atom. The molecule has 1 nitrogen and oxygen atoms in total. The van der Waals surface area contributed by atoms with Crippen LogP contribution < -0.4 is 5.32 Å². The largest absolute Gasteiger partial charge is 0.316 e. The average molecular weight is 275 g/mol. The zero-order chi connectivity index (χ0) is 14.2. The highest BCUT2D eigenvalue weighted by atomic mass is 14.8. The summed E-state index contributed by atoms with van der Waals surface area (Å²) in [5.74, 6) is 0. The summed E-state index contributed by atoms with van der Waals surface area (Å²) in [6, 6.07) is 15.8. The molecule has 0 atom stereocenters. The minimum Gasteiger partial charge on any atom is -0.316 e. The van der Waals surface area contributed by atoms with Crippen LogP contribution in [0.25, 0.3) is 16.7 Å². The van der Waals surface area contributed by atoms with E-state index in [9.17, 15) is 0 Å². The minimum absolute atomic E-state index is 1.11. The summed E-state index contributed by atoms with van der Waals surface area (Å²) >= 11 is 0. The molecule has 1 N–H and O–H groups in total. The highest BCUT2D eigenvalue weighted by Gasteiger charge is 2.25. The van der Waals surface area contributed by atoms with Gasteiger partial charge in [0.25, 0.3) is 0 Å². The molecule has 0 unspecified atom stereocenters. The van der Waals surface area contributed by atoms with E-state index in [4.69, 9.17) is 0 Å². The molecule has 1 heterocycles. The van der Waals surface area contributed by atoms with Gasteiger partial charge in [-0.2, -0.15) is 0 Å². The molecule has 0 saturated carbocycles. The summed E-state index contributed by atoms with van der Waals surface area (Å²) in [4.78, 5) is 0. The van der Waals surface area contributed by atoms with Crippen LogP contribution in [-0.4, -0.2) is 13.1 Å². The molecule has 2 aromatic carbocycles. The van der Waals surface area contributed by atoms with Crippen LogP contribution >= 0.6 is 0 Å². The number of hydrogen-bond acceptors (Lipinski definition) is 1. The third-order valence-corrected chi connectivity index (χ3v) is 4.72. The van der Waals surface area contributed by atoms with Crippen LogP contribution in [-0.2, 0) is 0 Å². The first-order valence-electron chi connectivity index (χ1n) is 7.98.